The van der Waals surface area contributed by atoms with Crippen LogP contribution in [-0.2, 0) is 0 Å². The summed E-state index contributed by atoms with van der Waals surface area (Å²) in [6, 6.07) is 10.9. The maximum Gasteiger partial charge on any atom is 0.277 e. The van der Waals surface area contributed by atoms with Crippen molar-refractivity contribution in [3.05, 3.63) is 92.9 Å². The van der Waals surface area contributed by atoms with E-state index >= 15 is 0 Å². The number of halogens is 2. The molecule has 0 saturated carbocycles. The summed E-state index contributed by atoms with van der Waals surface area (Å²) in [5.41, 5.74) is -0.0626. The van der Waals surface area contributed by atoms with Crippen molar-refractivity contribution in [3.8, 4) is 17.6 Å². The number of nitrogens with zero attached hydrogens (tertiary/aromatic N) is 4. The molecule has 1 aromatic heterocycles. The molecule has 5 rings (SSSR count). The topological polar surface area (TPSA) is 98.8 Å². The first kappa shape index (κ1) is 21.5. The second-order valence-corrected chi connectivity index (χ2v) is 8.04. The number of hydrogen-bond donors (Lipinski definition) is 1. The van der Waals surface area contributed by atoms with E-state index in [0.29, 0.717) is 5.56 Å². The Morgan fingerprint density at radius 3 is 2.62 bits per heavy atom. The van der Waals surface area contributed by atoms with Crippen LogP contribution in [0.5, 0.6) is 11.5 Å². The van der Waals surface area contributed by atoms with Crippen LogP contribution in [-0.4, -0.2) is 40.4 Å². The molecule has 2 aliphatic heterocycles. The maximum atomic E-state index is 14.5. The van der Waals surface area contributed by atoms with E-state index in [1.54, 1.807) is 29.3 Å². The average molecular weight is 464 g/mol. The molecular weight excluding hydrogens is 446 g/mol. The van der Waals surface area contributed by atoms with Crippen LogP contribution >= 0.6 is 0 Å². The van der Waals surface area contributed by atoms with Gasteiger partial charge in [0.2, 0.25) is 5.43 Å². The molecule has 34 heavy (non-hydrogen) atoms. The summed E-state index contributed by atoms with van der Waals surface area (Å²) >= 11 is 0. The van der Waals surface area contributed by atoms with Crippen LogP contribution < -0.4 is 15.2 Å². The van der Waals surface area contributed by atoms with E-state index in [2.05, 4.69) is 6.07 Å². The number of nitriles is 1. The second-order valence-electron chi connectivity index (χ2n) is 8.04. The van der Waals surface area contributed by atoms with Crippen molar-refractivity contribution in [2.24, 2.45) is 0 Å². The van der Waals surface area contributed by atoms with E-state index in [9.17, 15) is 28.7 Å². The Morgan fingerprint density at radius 1 is 1.12 bits per heavy atom. The number of aromatic nitrogens is 1. The van der Waals surface area contributed by atoms with Gasteiger partial charge in [0.15, 0.2) is 23.1 Å². The molecule has 0 aliphatic carbocycles. The molecule has 0 bridgehead atoms. The molecule has 2 aliphatic rings. The smallest absolute Gasteiger partial charge is 0.277 e. The van der Waals surface area contributed by atoms with Gasteiger partial charge in [-0.3, -0.25) is 19.3 Å². The summed E-state index contributed by atoms with van der Waals surface area (Å²) in [5.74, 6) is -3.43. The van der Waals surface area contributed by atoms with E-state index < -0.39 is 40.9 Å². The standard InChI is InChI=1S/C24H18F2N4O4/c1-28-20-7-9-34-19-11-17(26)16(25)10-15(19)21(14-5-3-2-4-13(14)12-27)30(20)29-8-6-18(31)23(32)22(29)24(28)33/h2-6,8,10-11,20-21,32H,7,9H2,1H3/t20?,21-/m0/s1. The van der Waals surface area contributed by atoms with Crippen molar-refractivity contribution in [2.75, 3.05) is 18.7 Å². The molecule has 172 valence electrons. The molecule has 0 saturated heterocycles. The normalized spacial score (nSPS) is 19.2. The molecule has 8 nitrogen and oxygen atoms in total. The molecular formula is C24H18F2N4O4. The third kappa shape index (κ3) is 3.08. The molecule has 2 aromatic carbocycles. The van der Waals surface area contributed by atoms with Gasteiger partial charge in [0.1, 0.15) is 18.0 Å². The Morgan fingerprint density at radius 2 is 1.85 bits per heavy atom. The van der Waals surface area contributed by atoms with Gasteiger partial charge < -0.3 is 14.7 Å². The summed E-state index contributed by atoms with van der Waals surface area (Å²) in [4.78, 5) is 26.6. The minimum atomic E-state index is -1.11. The number of ether oxygens (including phenoxy) is 1. The lowest BCUT2D eigenvalue weighted by Crippen LogP contribution is -2.62. The number of hydrogen-bond acceptors (Lipinski definition) is 6. The molecule has 1 amide bonds. The van der Waals surface area contributed by atoms with Crippen LogP contribution in [0.25, 0.3) is 0 Å². The fourth-order valence-electron chi connectivity index (χ4n) is 4.60. The van der Waals surface area contributed by atoms with Gasteiger partial charge in [-0.25, -0.2) is 8.78 Å². The molecule has 3 heterocycles. The lowest BCUT2D eigenvalue weighted by molar-refractivity contribution is 0.0573. The zero-order valence-corrected chi connectivity index (χ0v) is 17.9. The van der Waals surface area contributed by atoms with Crippen molar-refractivity contribution in [1.82, 2.24) is 9.58 Å². The molecule has 0 radical (unpaired) electrons. The van der Waals surface area contributed by atoms with Crippen LogP contribution in [0.15, 0.2) is 53.5 Å². The number of amides is 1. The number of aromatic hydroxyl groups is 1. The van der Waals surface area contributed by atoms with E-state index in [1.807, 2.05) is 0 Å². The van der Waals surface area contributed by atoms with E-state index in [0.717, 1.165) is 18.2 Å². The van der Waals surface area contributed by atoms with E-state index in [1.165, 1.54) is 22.8 Å². The minimum Gasteiger partial charge on any atom is -0.502 e. The predicted octanol–water partition coefficient (Wildman–Crippen LogP) is 2.63. The molecule has 1 unspecified atom stereocenters. The van der Waals surface area contributed by atoms with E-state index in [4.69, 9.17) is 4.74 Å². The van der Waals surface area contributed by atoms with Gasteiger partial charge in [-0.1, -0.05) is 18.2 Å². The zero-order chi connectivity index (χ0) is 24.1. The van der Waals surface area contributed by atoms with Crippen molar-refractivity contribution in [3.63, 3.8) is 0 Å². The van der Waals surface area contributed by atoms with Gasteiger partial charge in [0.25, 0.3) is 5.91 Å². The first-order chi connectivity index (χ1) is 16.3. The fraction of sp³-hybridized carbons (Fsp3) is 0.208. The number of carbonyl (C=O) groups excluding carboxylic acids is 1. The fourth-order valence-corrected chi connectivity index (χ4v) is 4.60. The third-order valence-electron chi connectivity index (χ3n) is 6.20. The zero-order valence-electron chi connectivity index (χ0n) is 17.9. The quantitative estimate of drug-likeness (QED) is 0.595. The summed E-state index contributed by atoms with van der Waals surface area (Å²) in [7, 11) is 1.52. The van der Waals surface area contributed by atoms with Gasteiger partial charge in [-0.05, 0) is 17.7 Å². The molecule has 1 N–H and O–H groups in total. The Hall–Kier alpha value is -4.39. The van der Waals surface area contributed by atoms with Crippen LogP contribution in [0.2, 0.25) is 0 Å². The highest BCUT2D eigenvalue weighted by Gasteiger charge is 2.44. The Kier molecular flexibility index (Phi) is 4.97. The van der Waals surface area contributed by atoms with Gasteiger partial charge >= 0.3 is 0 Å². The highest BCUT2D eigenvalue weighted by atomic mass is 19.2. The van der Waals surface area contributed by atoms with Crippen molar-refractivity contribution in [1.29, 1.82) is 5.26 Å². The van der Waals surface area contributed by atoms with Crippen molar-refractivity contribution < 1.29 is 23.4 Å². The lowest BCUT2D eigenvalue weighted by Gasteiger charge is -2.50. The first-order valence-electron chi connectivity index (χ1n) is 10.4. The predicted molar refractivity (Wildman–Crippen MR) is 116 cm³/mol. The Bertz CT molecular complexity index is 1430. The molecule has 10 heteroatoms. The highest BCUT2D eigenvalue weighted by Crippen LogP contribution is 2.42. The highest BCUT2D eigenvalue weighted by molar-refractivity contribution is 5.96. The monoisotopic (exact) mass is 464 g/mol. The second kappa shape index (κ2) is 7.88. The van der Waals surface area contributed by atoms with Gasteiger partial charge in [-0.15, -0.1) is 0 Å². The Balaban J connectivity index is 1.89. The lowest BCUT2D eigenvalue weighted by atomic mass is 9.92. The third-order valence-corrected chi connectivity index (χ3v) is 6.20. The van der Waals surface area contributed by atoms with Crippen LogP contribution in [0.3, 0.4) is 0 Å². The summed E-state index contributed by atoms with van der Waals surface area (Å²) in [6.45, 7) is 0.0744. The number of carbonyl (C=O) groups is 1. The SMILES string of the molecule is CN1C(=O)c2c(O)c(=O)ccn2N2C1CCOc1cc(F)c(F)cc1[C@@H]2c1ccccc1C#N. The van der Waals surface area contributed by atoms with Gasteiger partial charge in [-0.2, -0.15) is 5.26 Å². The Labute approximate surface area is 192 Å². The number of rotatable bonds is 1. The number of pyridine rings is 1. The summed E-state index contributed by atoms with van der Waals surface area (Å²) in [6.07, 6.45) is 0.942. The minimum absolute atomic E-state index is 0.0744. The summed E-state index contributed by atoms with van der Waals surface area (Å²) < 4.78 is 35.8. The number of benzene rings is 2. The first-order valence-corrected chi connectivity index (χ1v) is 10.4. The van der Waals surface area contributed by atoms with Crippen LogP contribution in [0.4, 0.5) is 8.78 Å². The molecule has 2 atom stereocenters. The van der Waals surface area contributed by atoms with E-state index in [-0.39, 0.29) is 35.6 Å². The van der Waals surface area contributed by atoms with Crippen LogP contribution in [0.1, 0.15) is 39.6 Å². The van der Waals surface area contributed by atoms with Crippen molar-refractivity contribution in [2.45, 2.75) is 18.6 Å². The number of fused-ring (bicyclic) bond motifs is 4. The van der Waals surface area contributed by atoms with Crippen LogP contribution in [0, 0.1) is 23.0 Å². The molecule has 0 fully saturated rings. The largest absolute Gasteiger partial charge is 0.502 e. The van der Waals surface area contributed by atoms with Gasteiger partial charge in [0.05, 0.1) is 18.2 Å². The molecule has 3 aromatic rings. The average Bonchev–Trinajstić information content (AvgIpc) is 2.82. The maximum absolute atomic E-state index is 14.5. The van der Waals surface area contributed by atoms with Crippen molar-refractivity contribution >= 4 is 5.91 Å². The molecule has 0 spiro atoms. The summed E-state index contributed by atoms with van der Waals surface area (Å²) in [5, 5.41) is 22.0. The van der Waals surface area contributed by atoms with Gasteiger partial charge in [0, 0.05) is 37.4 Å².